The van der Waals surface area contributed by atoms with E-state index in [2.05, 4.69) is 0 Å². The summed E-state index contributed by atoms with van der Waals surface area (Å²) in [7, 11) is 0. The fourth-order valence-corrected chi connectivity index (χ4v) is 1.27. The second-order valence-electron chi connectivity index (χ2n) is 2.66. The molecule has 0 aromatic heterocycles. The van der Waals surface area contributed by atoms with Crippen LogP contribution in [-0.2, 0) is 11.2 Å². The quantitative estimate of drug-likeness (QED) is 0.631. The molecule has 0 spiro atoms. The highest BCUT2D eigenvalue weighted by atomic mass is 35.5. The van der Waals surface area contributed by atoms with Crippen molar-refractivity contribution in [3.8, 4) is 0 Å². The van der Waals surface area contributed by atoms with E-state index in [0.717, 1.165) is 5.56 Å². The van der Waals surface area contributed by atoms with Gasteiger partial charge in [-0.15, -0.1) is 12.4 Å². The maximum absolute atomic E-state index is 7.43. The normalized spacial score (nSPS) is 9.00. The van der Waals surface area contributed by atoms with Gasteiger partial charge in [-0.2, -0.15) is 0 Å². The molecule has 1 aromatic rings. The van der Waals surface area contributed by atoms with Crippen LogP contribution in [0.2, 0.25) is 5.02 Å². The van der Waals surface area contributed by atoms with Crippen LogP contribution < -0.4 is 0 Å². The molecule has 0 fully saturated rings. The van der Waals surface area contributed by atoms with Gasteiger partial charge in [0, 0.05) is 11.4 Å². The fraction of sp³-hybridized carbons (Fsp3) is 0.300. The Hall–Kier alpha value is -0.730. The lowest BCUT2D eigenvalue weighted by Crippen LogP contribution is -2.06. The molecule has 0 heterocycles. The van der Waals surface area contributed by atoms with Crippen molar-refractivity contribution >= 4 is 29.9 Å². The molecule has 0 amide bonds. The van der Waals surface area contributed by atoms with Crippen LogP contribution >= 0.6 is 24.0 Å². The molecule has 0 radical (unpaired) electrons. The van der Waals surface area contributed by atoms with E-state index in [9.17, 15) is 0 Å². The highest BCUT2D eigenvalue weighted by Crippen LogP contribution is 2.11. The van der Waals surface area contributed by atoms with Gasteiger partial charge in [-0.3, -0.25) is 5.41 Å². The molecule has 0 saturated carbocycles. The standard InChI is InChI=1S/C10H12ClNO.ClH/c1-2-13-10(12)7-8-4-3-5-9(11)6-8;/h3-6,12H,2,7H2,1H3;1H. The zero-order valence-corrected chi connectivity index (χ0v) is 9.49. The maximum Gasteiger partial charge on any atom is 0.184 e. The van der Waals surface area contributed by atoms with Crippen LogP contribution in [0.25, 0.3) is 0 Å². The van der Waals surface area contributed by atoms with Crippen molar-refractivity contribution in [3.63, 3.8) is 0 Å². The first-order valence-electron chi connectivity index (χ1n) is 4.17. The first-order valence-corrected chi connectivity index (χ1v) is 4.55. The van der Waals surface area contributed by atoms with Crippen LogP contribution in [0, 0.1) is 5.41 Å². The number of benzene rings is 1. The van der Waals surface area contributed by atoms with Gasteiger partial charge < -0.3 is 4.74 Å². The van der Waals surface area contributed by atoms with Crippen molar-refractivity contribution in [1.29, 1.82) is 5.41 Å². The van der Waals surface area contributed by atoms with Crippen molar-refractivity contribution in [2.45, 2.75) is 13.3 Å². The van der Waals surface area contributed by atoms with E-state index < -0.39 is 0 Å². The Bertz CT molecular complexity index is 302. The summed E-state index contributed by atoms with van der Waals surface area (Å²) in [5.41, 5.74) is 1.01. The number of rotatable bonds is 3. The predicted molar refractivity (Wildman–Crippen MR) is 61.8 cm³/mol. The fourth-order valence-electron chi connectivity index (χ4n) is 1.06. The zero-order chi connectivity index (χ0) is 9.68. The van der Waals surface area contributed by atoms with Gasteiger partial charge in [-0.1, -0.05) is 23.7 Å². The van der Waals surface area contributed by atoms with E-state index in [1.54, 1.807) is 0 Å². The Morgan fingerprint density at radius 1 is 1.50 bits per heavy atom. The van der Waals surface area contributed by atoms with E-state index in [1.807, 2.05) is 31.2 Å². The first kappa shape index (κ1) is 13.3. The van der Waals surface area contributed by atoms with Gasteiger partial charge in [0.25, 0.3) is 0 Å². The van der Waals surface area contributed by atoms with Gasteiger partial charge in [-0.25, -0.2) is 0 Å². The lowest BCUT2D eigenvalue weighted by Gasteiger charge is -2.04. The van der Waals surface area contributed by atoms with Crippen molar-refractivity contribution in [2.75, 3.05) is 6.61 Å². The molecule has 0 aliphatic heterocycles. The number of hydrogen-bond acceptors (Lipinski definition) is 2. The predicted octanol–water partition coefficient (Wildman–Crippen LogP) is 3.32. The van der Waals surface area contributed by atoms with Crippen LogP contribution in [0.3, 0.4) is 0 Å². The molecule has 0 bridgehead atoms. The third-order valence-corrected chi connectivity index (χ3v) is 1.81. The number of ether oxygens (including phenoxy) is 1. The van der Waals surface area contributed by atoms with Crippen molar-refractivity contribution in [3.05, 3.63) is 34.9 Å². The summed E-state index contributed by atoms with van der Waals surface area (Å²) in [4.78, 5) is 0. The van der Waals surface area contributed by atoms with Crippen molar-refractivity contribution < 1.29 is 4.74 Å². The minimum absolute atomic E-state index is 0. The molecule has 14 heavy (non-hydrogen) atoms. The number of nitrogens with one attached hydrogen (secondary N) is 1. The summed E-state index contributed by atoms with van der Waals surface area (Å²) in [6.07, 6.45) is 0.508. The maximum atomic E-state index is 7.43. The molecule has 0 atom stereocenters. The van der Waals surface area contributed by atoms with E-state index in [4.69, 9.17) is 21.7 Å². The topological polar surface area (TPSA) is 33.1 Å². The zero-order valence-electron chi connectivity index (χ0n) is 7.92. The van der Waals surface area contributed by atoms with E-state index >= 15 is 0 Å². The summed E-state index contributed by atoms with van der Waals surface area (Å²) in [5.74, 6) is 0.282. The van der Waals surface area contributed by atoms with Crippen LogP contribution in [0.15, 0.2) is 24.3 Å². The van der Waals surface area contributed by atoms with E-state index in [0.29, 0.717) is 18.1 Å². The SMILES string of the molecule is CCOC(=N)Cc1cccc(Cl)c1.Cl. The summed E-state index contributed by atoms with van der Waals surface area (Å²) in [6.45, 7) is 2.41. The summed E-state index contributed by atoms with van der Waals surface area (Å²) >= 11 is 5.79. The van der Waals surface area contributed by atoms with Gasteiger partial charge in [0.1, 0.15) is 0 Å². The average Bonchev–Trinajstić information content (AvgIpc) is 2.04. The third kappa shape index (κ3) is 4.49. The molecule has 0 saturated heterocycles. The molecule has 4 heteroatoms. The smallest absolute Gasteiger partial charge is 0.184 e. The molecule has 1 aromatic carbocycles. The largest absolute Gasteiger partial charge is 0.481 e. The van der Waals surface area contributed by atoms with Crippen molar-refractivity contribution in [1.82, 2.24) is 0 Å². The minimum Gasteiger partial charge on any atom is -0.481 e. The van der Waals surface area contributed by atoms with Crippen LogP contribution in [-0.4, -0.2) is 12.5 Å². The van der Waals surface area contributed by atoms with Gasteiger partial charge >= 0.3 is 0 Å². The Balaban J connectivity index is 0.00000169. The lowest BCUT2D eigenvalue weighted by molar-refractivity contribution is 0.317. The highest BCUT2D eigenvalue weighted by molar-refractivity contribution is 6.30. The molecule has 0 unspecified atom stereocenters. The Kier molecular flexibility index (Phi) is 6.34. The van der Waals surface area contributed by atoms with Gasteiger partial charge in [0.2, 0.25) is 0 Å². The van der Waals surface area contributed by atoms with Crippen LogP contribution in [0.5, 0.6) is 0 Å². The first-order chi connectivity index (χ1) is 6.22. The molecular formula is C10H13Cl2NO. The molecule has 1 rings (SSSR count). The second kappa shape index (κ2) is 6.68. The highest BCUT2D eigenvalue weighted by Gasteiger charge is 1.99. The monoisotopic (exact) mass is 233 g/mol. The molecular weight excluding hydrogens is 221 g/mol. The lowest BCUT2D eigenvalue weighted by atomic mass is 10.1. The Labute approximate surface area is 95.1 Å². The summed E-state index contributed by atoms with van der Waals surface area (Å²) < 4.78 is 5.03. The average molecular weight is 234 g/mol. The Morgan fingerprint density at radius 2 is 2.21 bits per heavy atom. The molecule has 1 N–H and O–H groups in total. The van der Waals surface area contributed by atoms with E-state index in [1.165, 1.54) is 0 Å². The minimum atomic E-state index is 0. The second-order valence-corrected chi connectivity index (χ2v) is 3.10. The van der Waals surface area contributed by atoms with Crippen LogP contribution in [0.1, 0.15) is 12.5 Å². The number of hydrogen-bond donors (Lipinski definition) is 1. The number of halogens is 2. The molecule has 0 aliphatic rings. The summed E-state index contributed by atoms with van der Waals surface area (Å²) in [5, 5.41) is 8.13. The van der Waals surface area contributed by atoms with Crippen molar-refractivity contribution in [2.24, 2.45) is 0 Å². The third-order valence-electron chi connectivity index (χ3n) is 1.57. The molecule has 0 aliphatic carbocycles. The van der Waals surface area contributed by atoms with E-state index in [-0.39, 0.29) is 18.3 Å². The van der Waals surface area contributed by atoms with Gasteiger partial charge in [0.15, 0.2) is 5.90 Å². The van der Waals surface area contributed by atoms with Crippen LogP contribution in [0.4, 0.5) is 0 Å². The van der Waals surface area contributed by atoms with Gasteiger partial charge in [0.05, 0.1) is 6.61 Å². The molecule has 2 nitrogen and oxygen atoms in total. The van der Waals surface area contributed by atoms with Gasteiger partial charge in [-0.05, 0) is 24.6 Å². The Morgan fingerprint density at radius 3 is 2.79 bits per heavy atom. The summed E-state index contributed by atoms with van der Waals surface area (Å²) in [6, 6.07) is 7.46. The molecule has 78 valence electrons.